The maximum absolute atomic E-state index is 13.0. The predicted molar refractivity (Wildman–Crippen MR) is 66.9 cm³/mol. The summed E-state index contributed by atoms with van der Waals surface area (Å²) >= 11 is 0. The standard InChI is InChI=1S/C13H17FN2O3/c1-16-5-3-2-4-10(16)8-19-12-11(13(17)18)6-9(14)7-15-12/h6-7,10H,2-5,8H2,1H3,(H,17,18). The van der Waals surface area contributed by atoms with Gasteiger partial charge < -0.3 is 14.7 Å². The van der Waals surface area contributed by atoms with Crippen molar-refractivity contribution in [3.05, 3.63) is 23.6 Å². The van der Waals surface area contributed by atoms with Crippen LogP contribution in [0.3, 0.4) is 0 Å². The highest BCUT2D eigenvalue weighted by Crippen LogP contribution is 2.19. The summed E-state index contributed by atoms with van der Waals surface area (Å²) in [5.41, 5.74) is -0.238. The first-order valence-electron chi connectivity index (χ1n) is 6.30. The summed E-state index contributed by atoms with van der Waals surface area (Å²) in [6, 6.07) is 1.18. The van der Waals surface area contributed by atoms with Crippen LogP contribution >= 0.6 is 0 Å². The number of hydrogen-bond donors (Lipinski definition) is 1. The zero-order chi connectivity index (χ0) is 13.8. The van der Waals surface area contributed by atoms with Gasteiger partial charge in [0.05, 0.1) is 6.20 Å². The highest BCUT2D eigenvalue weighted by Gasteiger charge is 2.21. The Labute approximate surface area is 111 Å². The molecule has 1 aliphatic heterocycles. The highest BCUT2D eigenvalue weighted by molar-refractivity contribution is 5.90. The average Bonchev–Trinajstić information content (AvgIpc) is 2.38. The van der Waals surface area contributed by atoms with Gasteiger partial charge in [0.15, 0.2) is 0 Å². The number of carboxylic acids is 1. The molecular formula is C13H17FN2O3. The lowest BCUT2D eigenvalue weighted by Gasteiger charge is -2.32. The lowest BCUT2D eigenvalue weighted by Crippen LogP contribution is -2.40. The van der Waals surface area contributed by atoms with Crippen LogP contribution < -0.4 is 4.74 Å². The fourth-order valence-corrected chi connectivity index (χ4v) is 2.22. The maximum Gasteiger partial charge on any atom is 0.341 e. The minimum atomic E-state index is -1.24. The van der Waals surface area contributed by atoms with Crippen LogP contribution in [0.4, 0.5) is 4.39 Å². The number of ether oxygens (including phenoxy) is 1. The molecule has 2 rings (SSSR count). The van der Waals surface area contributed by atoms with Crippen LogP contribution in [0.2, 0.25) is 0 Å². The third-order valence-electron chi connectivity index (χ3n) is 3.38. The number of aromatic nitrogens is 1. The fraction of sp³-hybridized carbons (Fsp3) is 0.538. The summed E-state index contributed by atoms with van der Waals surface area (Å²) in [5, 5.41) is 8.98. The number of likely N-dealkylation sites (tertiary alicyclic amines) is 1. The van der Waals surface area contributed by atoms with E-state index in [9.17, 15) is 9.18 Å². The smallest absolute Gasteiger partial charge is 0.341 e. The number of rotatable bonds is 4. The number of likely N-dealkylation sites (N-methyl/N-ethyl adjacent to an activating group) is 1. The average molecular weight is 268 g/mol. The molecule has 1 atom stereocenters. The van der Waals surface area contributed by atoms with Gasteiger partial charge in [-0.3, -0.25) is 0 Å². The molecule has 1 fully saturated rings. The van der Waals surface area contributed by atoms with Gasteiger partial charge in [-0.05, 0) is 32.5 Å². The van der Waals surface area contributed by atoms with Crippen molar-refractivity contribution in [1.82, 2.24) is 9.88 Å². The van der Waals surface area contributed by atoms with Gasteiger partial charge in [-0.2, -0.15) is 0 Å². The first-order valence-corrected chi connectivity index (χ1v) is 6.30. The monoisotopic (exact) mass is 268 g/mol. The first kappa shape index (κ1) is 13.7. The molecule has 0 saturated carbocycles. The van der Waals surface area contributed by atoms with Crippen molar-refractivity contribution >= 4 is 5.97 Å². The zero-order valence-electron chi connectivity index (χ0n) is 10.8. The van der Waals surface area contributed by atoms with E-state index in [1.54, 1.807) is 0 Å². The van der Waals surface area contributed by atoms with E-state index in [0.29, 0.717) is 6.61 Å². The number of halogens is 1. The quantitative estimate of drug-likeness (QED) is 0.902. The second-order valence-corrected chi connectivity index (χ2v) is 4.75. The number of pyridine rings is 1. The lowest BCUT2D eigenvalue weighted by molar-refractivity contribution is 0.0685. The Morgan fingerprint density at radius 3 is 3.11 bits per heavy atom. The minimum absolute atomic E-state index is 0.0205. The highest BCUT2D eigenvalue weighted by atomic mass is 19.1. The second kappa shape index (κ2) is 5.97. The number of piperidine rings is 1. The van der Waals surface area contributed by atoms with E-state index in [1.807, 2.05) is 7.05 Å². The Balaban J connectivity index is 2.04. The van der Waals surface area contributed by atoms with Crippen LogP contribution in [0.25, 0.3) is 0 Å². The first-order chi connectivity index (χ1) is 9.08. The Bertz CT molecular complexity index is 467. The van der Waals surface area contributed by atoms with Gasteiger partial charge in [-0.1, -0.05) is 6.42 Å². The van der Waals surface area contributed by atoms with Gasteiger partial charge >= 0.3 is 5.97 Å². The molecule has 5 nitrogen and oxygen atoms in total. The van der Waals surface area contributed by atoms with Gasteiger partial charge in [0, 0.05) is 6.04 Å². The van der Waals surface area contributed by atoms with Crippen LogP contribution in [0.5, 0.6) is 5.88 Å². The van der Waals surface area contributed by atoms with Gasteiger partial charge in [-0.25, -0.2) is 14.2 Å². The van der Waals surface area contributed by atoms with Crippen molar-refractivity contribution in [2.75, 3.05) is 20.2 Å². The van der Waals surface area contributed by atoms with Crippen molar-refractivity contribution in [3.8, 4) is 5.88 Å². The summed E-state index contributed by atoms with van der Waals surface area (Å²) in [6.07, 6.45) is 4.29. The van der Waals surface area contributed by atoms with Crippen LogP contribution in [-0.2, 0) is 0 Å². The predicted octanol–water partition coefficient (Wildman–Crippen LogP) is 1.78. The summed E-state index contributed by atoms with van der Waals surface area (Å²) in [4.78, 5) is 16.9. The Morgan fingerprint density at radius 2 is 2.42 bits per heavy atom. The molecule has 0 radical (unpaired) electrons. The molecule has 0 aliphatic carbocycles. The fourth-order valence-electron chi connectivity index (χ4n) is 2.22. The summed E-state index contributed by atoms with van der Waals surface area (Å²) in [5.74, 6) is -1.94. The van der Waals surface area contributed by atoms with Gasteiger partial charge in [0.2, 0.25) is 5.88 Å². The van der Waals surface area contributed by atoms with Gasteiger partial charge in [0.1, 0.15) is 18.0 Å². The molecule has 104 valence electrons. The topological polar surface area (TPSA) is 62.7 Å². The molecule has 1 N–H and O–H groups in total. The summed E-state index contributed by atoms with van der Waals surface area (Å²) < 4.78 is 18.4. The summed E-state index contributed by atoms with van der Waals surface area (Å²) in [6.45, 7) is 1.38. The molecular weight excluding hydrogens is 251 g/mol. The van der Waals surface area contributed by atoms with E-state index in [-0.39, 0.29) is 17.5 Å². The molecule has 19 heavy (non-hydrogen) atoms. The zero-order valence-corrected chi connectivity index (χ0v) is 10.8. The minimum Gasteiger partial charge on any atom is -0.477 e. The van der Waals surface area contributed by atoms with Crippen molar-refractivity contribution in [2.24, 2.45) is 0 Å². The van der Waals surface area contributed by atoms with Crippen LogP contribution in [0.1, 0.15) is 29.6 Å². The summed E-state index contributed by atoms with van der Waals surface area (Å²) in [7, 11) is 2.02. The van der Waals surface area contributed by atoms with E-state index in [2.05, 4.69) is 9.88 Å². The molecule has 0 bridgehead atoms. The largest absolute Gasteiger partial charge is 0.477 e. The normalized spacial score (nSPS) is 20.2. The molecule has 1 saturated heterocycles. The van der Waals surface area contributed by atoms with Crippen LogP contribution in [-0.4, -0.2) is 47.2 Å². The van der Waals surface area contributed by atoms with Crippen molar-refractivity contribution in [1.29, 1.82) is 0 Å². The second-order valence-electron chi connectivity index (χ2n) is 4.75. The third-order valence-corrected chi connectivity index (χ3v) is 3.38. The molecule has 0 amide bonds. The van der Waals surface area contributed by atoms with Crippen molar-refractivity contribution in [2.45, 2.75) is 25.3 Å². The number of carbonyl (C=O) groups is 1. The molecule has 1 aromatic heterocycles. The number of aromatic carboxylic acids is 1. The van der Waals surface area contributed by atoms with Crippen LogP contribution in [0.15, 0.2) is 12.3 Å². The van der Waals surface area contributed by atoms with E-state index in [0.717, 1.165) is 31.6 Å². The van der Waals surface area contributed by atoms with Gasteiger partial charge in [0.25, 0.3) is 0 Å². The molecule has 0 spiro atoms. The van der Waals surface area contributed by atoms with E-state index < -0.39 is 11.8 Å². The van der Waals surface area contributed by atoms with Crippen LogP contribution in [0, 0.1) is 5.82 Å². The SMILES string of the molecule is CN1CCCCC1COc1ncc(F)cc1C(=O)O. The van der Waals surface area contributed by atoms with Gasteiger partial charge in [-0.15, -0.1) is 0 Å². The van der Waals surface area contributed by atoms with Crippen molar-refractivity contribution in [3.63, 3.8) is 0 Å². The molecule has 2 heterocycles. The van der Waals surface area contributed by atoms with E-state index in [1.165, 1.54) is 6.42 Å². The van der Waals surface area contributed by atoms with Crippen molar-refractivity contribution < 1.29 is 19.0 Å². The molecule has 1 aliphatic rings. The molecule has 0 aromatic carbocycles. The lowest BCUT2D eigenvalue weighted by atomic mass is 10.0. The maximum atomic E-state index is 13.0. The molecule has 6 heteroatoms. The number of nitrogens with zero attached hydrogens (tertiary/aromatic N) is 2. The third kappa shape index (κ3) is 3.41. The number of hydrogen-bond acceptors (Lipinski definition) is 4. The Kier molecular flexibility index (Phi) is 4.31. The molecule has 1 unspecified atom stereocenters. The number of carboxylic acid groups (broad SMARTS) is 1. The Hall–Kier alpha value is -1.69. The van der Waals surface area contributed by atoms with E-state index in [4.69, 9.17) is 9.84 Å². The van der Waals surface area contributed by atoms with E-state index >= 15 is 0 Å². The molecule has 1 aromatic rings. The Morgan fingerprint density at radius 1 is 1.63 bits per heavy atom.